The molecule has 1 fully saturated rings. The molecule has 0 bridgehead atoms. The third-order valence-corrected chi connectivity index (χ3v) is 4.24. The smallest absolute Gasteiger partial charge is 0.200 e. The molecule has 1 N–H and O–H groups in total. The SMILES string of the molecule is c1ccc(CN2CCCC2)c(CNc2ccc3nnnn3n2)c1. The van der Waals surface area contributed by atoms with Gasteiger partial charge in [0.25, 0.3) is 0 Å². The number of hydrogen-bond acceptors (Lipinski definition) is 6. The number of hydrogen-bond donors (Lipinski definition) is 1. The second-order valence-electron chi connectivity index (χ2n) is 5.85. The molecule has 4 rings (SSSR count). The fourth-order valence-corrected chi connectivity index (χ4v) is 3.00. The van der Waals surface area contributed by atoms with Gasteiger partial charge in [-0.15, -0.1) is 14.8 Å². The maximum Gasteiger partial charge on any atom is 0.200 e. The first-order valence-corrected chi connectivity index (χ1v) is 7.97. The minimum Gasteiger partial charge on any atom is -0.364 e. The topological polar surface area (TPSA) is 71.2 Å². The Bertz CT molecular complexity index is 792. The molecule has 0 atom stereocenters. The Morgan fingerprint density at radius 3 is 2.70 bits per heavy atom. The summed E-state index contributed by atoms with van der Waals surface area (Å²) in [6.45, 7) is 4.18. The van der Waals surface area contributed by atoms with Crippen molar-refractivity contribution >= 4 is 11.5 Å². The van der Waals surface area contributed by atoms with Gasteiger partial charge in [-0.1, -0.05) is 24.3 Å². The van der Waals surface area contributed by atoms with Crippen LogP contribution in [-0.4, -0.2) is 43.2 Å². The first-order valence-electron chi connectivity index (χ1n) is 7.97. The lowest BCUT2D eigenvalue weighted by Gasteiger charge is -2.17. The fourth-order valence-electron chi connectivity index (χ4n) is 3.00. The number of benzene rings is 1. The Morgan fingerprint density at radius 1 is 1.00 bits per heavy atom. The largest absolute Gasteiger partial charge is 0.364 e. The first kappa shape index (κ1) is 14.1. The summed E-state index contributed by atoms with van der Waals surface area (Å²) in [5.41, 5.74) is 3.33. The van der Waals surface area contributed by atoms with Crippen molar-refractivity contribution in [2.24, 2.45) is 0 Å². The molecule has 0 saturated carbocycles. The Kier molecular flexibility index (Phi) is 3.85. The highest BCUT2D eigenvalue weighted by atomic mass is 15.6. The van der Waals surface area contributed by atoms with Crippen LogP contribution in [-0.2, 0) is 13.1 Å². The summed E-state index contributed by atoms with van der Waals surface area (Å²) >= 11 is 0. The standard InChI is InChI=1S/C16H19N7/c1-2-6-14(12-22-9-3-4-10-22)13(5-1)11-17-15-7-8-16-18-20-21-23(16)19-15/h1-2,5-8H,3-4,9-12H2,(H,17,19). The minimum atomic E-state index is 0.644. The van der Waals surface area contributed by atoms with E-state index >= 15 is 0 Å². The van der Waals surface area contributed by atoms with Crippen LogP contribution in [0.3, 0.4) is 0 Å². The van der Waals surface area contributed by atoms with E-state index in [-0.39, 0.29) is 0 Å². The van der Waals surface area contributed by atoms with E-state index in [4.69, 9.17) is 0 Å². The van der Waals surface area contributed by atoms with Gasteiger partial charge >= 0.3 is 0 Å². The molecular weight excluding hydrogens is 290 g/mol. The van der Waals surface area contributed by atoms with Crippen LogP contribution in [0.5, 0.6) is 0 Å². The van der Waals surface area contributed by atoms with Crippen LogP contribution in [0, 0.1) is 0 Å². The molecule has 1 aromatic carbocycles. The molecule has 23 heavy (non-hydrogen) atoms. The molecule has 7 heteroatoms. The van der Waals surface area contributed by atoms with Gasteiger partial charge in [-0.2, -0.15) is 0 Å². The van der Waals surface area contributed by atoms with Crippen LogP contribution in [0.15, 0.2) is 36.4 Å². The molecule has 1 aliphatic rings. The van der Waals surface area contributed by atoms with Crippen molar-refractivity contribution in [1.29, 1.82) is 0 Å². The second kappa shape index (κ2) is 6.29. The van der Waals surface area contributed by atoms with Crippen molar-refractivity contribution < 1.29 is 0 Å². The van der Waals surface area contributed by atoms with Crippen LogP contribution in [0.2, 0.25) is 0 Å². The lowest BCUT2D eigenvalue weighted by Crippen LogP contribution is -2.19. The average molecular weight is 309 g/mol. The molecule has 0 unspecified atom stereocenters. The molecule has 1 saturated heterocycles. The van der Waals surface area contributed by atoms with Gasteiger partial charge in [0.15, 0.2) is 5.65 Å². The molecule has 0 aliphatic carbocycles. The van der Waals surface area contributed by atoms with Gasteiger partial charge in [-0.3, -0.25) is 4.90 Å². The highest BCUT2D eigenvalue weighted by molar-refractivity contribution is 5.43. The zero-order valence-electron chi connectivity index (χ0n) is 12.9. The van der Waals surface area contributed by atoms with Crippen molar-refractivity contribution in [3.8, 4) is 0 Å². The fraction of sp³-hybridized carbons (Fsp3) is 0.375. The van der Waals surface area contributed by atoms with Crippen LogP contribution in [0.25, 0.3) is 5.65 Å². The Hall–Kier alpha value is -2.54. The summed E-state index contributed by atoms with van der Waals surface area (Å²) in [5, 5.41) is 19.0. The summed E-state index contributed by atoms with van der Waals surface area (Å²) in [6, 6.07) is 12.3. The second-order valence-corrected chi connectivity index (χ2v) is 5.85. The molecule has 118 valence electrons. The van der Waals surface area contributed by atoms with Crippen LogP contribution < -0.4 is 5.32 Å². The number of likely N-dealkylation sites (tertiary alicyclic amines) is 1. The normalized spacial score (nSPS) is 15.3. The van der Waals surface area contributed by atoms with Gasteiger partial charge < -0.3 is 5.32 Å². The van der Waals surface area contributed by atoms with E-state index in [0.717, 1.165) is 18.9 Å². The summed E-state index contributed by atoms with van der Waals surface area (Å²) in [6.07, 6.45) is 2.63. The highest BCUT2D eigenvalue weighted by Crippen LogP contribution is 2.17. The summed E-state index contributed by atoms with van der Waals surface area (Å²) in [4.78, 5) is 2.52. The maximum absolute atomic E-state index is 4.34. The van der Waals surface area contributed by atoms with Crippen molar-refractivity contribution in [3.63, 3.8) is 0 Å². The number of rotatable bonds is 5. The maximum atomic E-state index is 4.34. The number of fused-ring (bicyclic) bond motifs is 1. The number of anilines is 1. The van der Waals surface area contributed by atoms with Gasteiger partial charge in [-0.25, -0.2) is 0 Å². The van der Waals surface area contributed by atoms with Crippen molar-refractivity contribution in [2.75, 3.05) is 18.4 Å². The number of nitrogens with one attached hydrogen (secondary N) is 1. The molecule has 7 nitrogen and oxygen atoms in total. The Morgan fingerprint density at radius 2 is 1.83 bits per heavy atom. The Balaban J connectivity index is 1.47. The number of nitrogens with zero attached hydrogens (tertiary/aromatic N) is 6. The minimum absolute atomic E-state index is 0.644. The predicted molar refractivity (Wildman–Crippen MR) is 86.9 cm³/mol. The summed E-state index contributed by atoms with van der Waals surface area (Å²) in [5.74, 6) is 0.765. The van der Waals surface area contributed by atoms with Crippen molar-refractivity contribution in [1.82, 2.24) is 30.2 Å². The summed E-state index contributed by atoms with van der Waals surface area (Å²) in [7, 11) is 0. The quantitative estimate of drug-likeness (QED) is 0.774. The van der Waals surface area contributed by atoms with Crippen LogP contribution in [0.4, 0.5) is 5.82 Å². The molecule has 0 spiro atoms. The zero-order chi connectivity index (χ0) is 15.5. The first-order chi connectivity index (χ1) is 11.4. The van der Waals surface area contributed by atoms with Gasteiger partial charge in [0, 0.05) is 13.1 Å². The van der Waals surface area contributed by atoms with Gasteiger partial charge in [0.05, 0.1) is 0 Å². The molecule has 0 amide bonds. The molecule has 1 aliphatic heterocycles. The van der Waals surface area contributed by atoms with E-state index in [0.29, 0.717) is 5.65 Å². The lowest BCUT2D eigenvalue weighted by molar-refractivity contribution is 0.330. The Labute approximate surface area is 134 Å². The van der Waals surface area contributed by atoms with Crippen molar-refractivity contribution in [2.45, 2.75) is 25.9 Å². The van der Waals surface area contributed by atoms with Gasteiger partial charge in [0.2, 0.25) is 0 Å². The predicted octanol–water partition coefficient (Wildman–Crippen LogP) is 1.73. The van der Waals surface area contributed by atoms with Gasteiger partial charge in [-0.05, 0) is 59.6 Å². The van der Waals surface area contributed by atoms with Crippen LogP contribution in [0.1, 0.15) is 24.0 Å². The van der Waals surface area contributed by atoms with E-state index in [1.165, 1.54) is 41.7 Å². The van der Waals surface area contributed by atoms with Crippen molar-refractivity contribution in [3.05, 3.63) is 47.5 Å². The van der Waals surface area contributed by atoms with E-state index < -0.39 is 0 Å². The van der Waals surface area contributed by atoms with Crippen LogP contribution >= 0.6 is 0 Å². The van der Waals surface area contributed by atoms with Gasteiger partial charge in [0.1, 0.15) is 5.82 Å². The molecule has 2 aromatic heterocycles. The van der Waals surface area contributed by atoms with E-state index in [1.54, 1.807) is 0 Å². The third-order valence-electron chi connectivity index (χ3n) is 4.24. The third kappa shape index (κ3) is 3.14. The molecule has 3 heterocycles. The van der Waals surface area contributed by atoms with E-state index in [9.17, 15) is 0 Å². The number of aromatic nitrogens is 5. The molecule has 3 aromatic rings. The zero-order valence-corrected chi connectivity index (χ0v) is 12.9. The lowest BCUT2D eigenvalue weighted by atomic mass is 10.1. The number of tetrazole rings is 1. The highest BCUT2D eigenvalue weighted by Gasteiger charge is 2.13. The molecular formula is C16H19N7. The average Bonchev–Trinajstić information content (AvgIpc) is 3.25. The summed E-state index contributed by atoms with van der Waals surface area (Å²) < 4.78 is 1.43. The monoisotopic (exact) mass is 309 g/mol. The van der Waals surface area contributed by atoms with E-state index in [1.807, 2.05) is 12.1 Å². The van der Waals surface area contributed by atoms with E-state index in [2.05, 4.69) is 55.1 Å². The molecule has 0 radical (unpaired) electrons.